The zero-order chi connectivity index (χ0) is 13.0. The van der Waals surface area contributed by atoms with Crippen molar-refractivity contribution >= 4 is 16.8 Å². The summed E-state index contributed by atoms with van der Waals surface area (Å²) in [7, 11) is 1.59. The van der Waals surface area contributed by atoms with Gasteiger partial charge in [-0.1, -0.05) is 0 Å². The van der Waals surface area contributed by atoms with E-state index in [4.69, 9.17) is 9.15 Å². The number of ketones is 1. The number of nitrogens with one attached hydrogen (secondary N) is 1. The van der Waals surface area contributed by atoms with Crippen molar-refractivity contribution in [1.29, 1.82) is 0 Å². The minimum atomic E-state index is -0.347. The molecule has 0 unspecified atom stereocenters. The SMILES string of the molecule is COCCNCC(=O)c1cc2cc(F)ccc2o1. The highest BCUT2D eigenvalue weighted by Gasteiger charge is 2.12. The van der Waals surface area contributed by atoms with Crippen molar-refractivity contribution in [3.05, 3.63) is 35.8 Å². The van der Waals surface area contributed by atoms with Crippen molar-refractivity contribution in [1.82, 2.24) is 5.32 Å². The van der Waals surface area contributed by atoms with Crippen LogP contribution in [0, 0.1) is 5.82 Å². The number of methoxy groups -OCH3 is 1. The third-order valence-corrected chi connectivity index (χ3v) is 2.52. The van der Waals surface area contributed by atoms with E-state index in [2.05, 4.69) is 5.32 Å². The van der Waals surface area contributed by atoms with Crippen molar-refractivity contribution in [3.8, 4) is 0 Å². The topological polar surface area (TPSA) is 51.5 Å². The molecule has 1 N–H and O–H groups in total. The van der Waals surface area contributed by atoms with Crippen LogP contribution in [0.4, 0.5) is 4.39 Å². The van der Waals surface area contributed by atoms with Crippen molar-refractivity contribution in [2.75, 3.05) is 26.8 Å². The minimum Gasteiger partial charge on any atom is -0.453 e. The molecule has 0 radical (unpaired) electrons. The fourth-order valence-corrected chi connectivity index (χ4v) is 1.61. The van der Waals surface area contributed by atoms with Gasteiger partial charge in [0.2, 0.25) is 5.78 Å². The molecule has 1 aromatic heterocycles. The van der Waals surface area contributed by atoms with E-state index in [0.717, 1.165) is 0 Å². The average molecular weight is 251 g/mol. The van der Waals surface area contributed by atoms with Gasteiger partial charge in [0.05, 0.1) is 13.2 Å². The third-order valence-electron chi connectivity index (χ3n) is 2.52. The number of hydrogen-bond donors (Lipinski definition) is 1. The van der Waals surface area contributed by atoms with Crippen LogP contribution in [-0.2, 0) is 4.74 Å². The highest BCUT2D eigenvalue weighted by molar-refractivity contribution is 5.98. The summed E-state index contributed by atoms with van der Waals surface area (Å²) in [6, 6.07) is 5.71. The van der Waals surface area contributed by atoms with Crippen LogP contribution in [0.15, 0.2) is 28.7 Å². The molecular weight excluding hydrogens is 237 g/mol. The predicted octanol–water partition coefficient (Wildman–Crippen LogP) is 1.99. The van der Waals surface area contributed by atoms with Crippen LogP contribution < -0.4 is 5.32 Å². The number of Topliss-reactive ketones (excluding diaryl/α,β-unsaturated/α-hetero) is 1. The van der Waals surface area contributed by atoms with E-state index in [9.17, 15) is 9.18 Å². The molecule has 0 aliphatic carbocycles. The van der Waals surface area contributed by atoms with Gasteiger partial charge >= 0.3 is 0 Å². The Balaban J connectivity index is 2.04. The van der Waals surface area contributed by atoms with Gasteiger partial charge in [-0.3, -0.25) is 4.79 Å². The lowest BCUT2D eigenvalue weighted by Gasteiger charge is -2.00. The number of hydrogen-bond acceptors (Lipinski definition) is 4. The van der Waals surface area contributed by atoms with Crippen molar-refractivity contribution in [2.24, 2.45) is 0 Å². The van der Waals surface area contributed by atoms with E-state index in [-0.39, 0.29) is 23.9 Å². The Morgan fingerprint density at radius 1 is 1.44 bits per heavy atom. The smallest absolute Gasteiger partial charge is 0.211 e. The molecule has 18 heavy (non-hydrogen) atoms. The van der Waals surface area contributed by atoms with Crippen LogP contribution in [-0.4, -0.2) is 32.6 Å². The Morgan fingerprint density at radius 3 is 3.06 bits per heavy atom. The summed E-state index contributed by atoms with van der Waals surface area (Å²) in [6.45, 7) is 1.31. The largest absolute Gasteiger partial charge is 0.453 e. The Morgan fingerprint density at radius 2 is 2.28 bits per heavy atom. The Hall–Kier alpha value is -1.72. The van der Waals surface area contributed by atoms with Gasteiger partial charge in [-0.25, -0.2) is 4.39 Å². The Kier molecular flexibility index (Phi) is 4.07. The standard InChI is InChI=1S/C13H14FNO3/c1-17-5-4-15-8-11(16)13-7-9-6-10(14)2-3-12(9)18-13/h2-3,6-7,15H,4-5,8H2,1H3. The van der Waals surface area contributed by atoms with Crippen LogP contribution in [0.25, 0.3) is 11.0 Å². The first kappa shape index (κ1) is 12.7. The first-order chi connectivity index (χ1) is 8.70. The molecule has 0 atom stereocenters. The molecule has 1 aromatic carbocycles. The monoisotopic (exact) mass is 251 g/mol. The first-order valence-electron chi connectivity index (χ1n) is 5.62. The summed E-state index contributed by atoms with van der Waals surface area (Å²) in [5, 5.41) is 3.52. The summed E-state index contributed by atoms with van der Waals surface area (Å²) in [5.74, 6) is -0.274. The lowest BCUT2D eigenvalue weighted by Crippen LogP contribution is -2.26. The predicted molar refractivity (Wildman–Crippen MR) is 65.2 cm³/mol. The maximum Gasteiger partial charge on any atom is 0.211 e. The van der Waals surface area contributed by atoms with Gasteiger partial charge in [-0.2, -0.15) is 0 Å². The van der Waals surface area contributed by atoms with E-state index < -0.39 is 0 Å². The third kappa shape index (κ3) is 2.94. The summed E-state index contributed by atoms with van der Waals surface area (Å²) in [6.07, 6.45) is 0. The second kappa shape index (κ2) is 5.75. The highest BCUT2D eigenvalue weighted by atomic mass is 19.1. The zero-order valence-corrected chi connectivity index (χ0v) is 10.0. The molecule has 0 spiro atoms. The van der Waals surface area contributed by atoms with Gasteiger partial charge in [0, 0.05) is 19.0 Å². The number of halogens is 1. The number of furan rings is 1. The summed E-state index contributed by atoms with van der Waals surface area (Å²) in [4.78, 5) is 11.8. The number of ether oxygens (including phenoxy) is 1. The number of rotatable bonds is 6. The molecule has 1 heterocycles. The summed E-state index contributed by atoms with van der Waals surface area (Å²) < 4.78 is 23.2. The Labute approximate surface area is 104 Å². The fraction of sp³-hybridized carbons (Fsp3) is 0.308. The molecule has 0 fully saturated rings. The summed E-state index contributed by atoms with van der Waals surface area (Å²) in [5.41, 5.74) is 0.511. The van der Waals surface area contributed by atoms with Crippen molar-refractivity contribution < 1.29 is 18.3 Å². The molecule has 0 aliphatic heterocycles. The number of benzene rings is 1. The van der Waals surface area contributed by atoms with E-state index in [0.29, 0.717) is 24.1 Å². The van der Waals surface area contributed by atoms with Gasteiger partial charge in [0.1, 0.15) is 11.4 Å². The van der Waals surface area contributed by atoms with Crippen molar-refractivity contribution in [2.45, 2.75) is 0 Å². The average Bonchev–Trinajstić information content (AvgIpc) is 2.77. The summed E-state index contributed by atoms with van der Waals surface area (Å²) >= 11 is 0. The first-order valence-corrected chi connectivity index (χ1v) is 5.62. The van der Waals surface area contributed by atoms with Crippen LogP contribution in [0.5, 0.6) is 0 Å². The molecule has 2 rings (SSSR count). The second-order valence-corrected chi connectivity index (χ2v) is 3.89. The lowest BCUT2D eigenvalue weighted by molar-refractivity contribution is 0.0963. The van der Waals surface area contributed by atoms with E-state index >= 15 is 0 Å². The molecular formula is C13H14FNO3. The minimum absolute atomic E-state index is 0.164. The van der Waals surface area contributed by atoms with Gasteiger partial charge in [0.25, 0.3) is 0 Å². The molecule has 0 bridgehead atoms. The Bertz CT molecular complexity index is 550. The van der Waals surface area contributed by atoms with Gasteiger partial charge < -0.3 is 14.5 Å². The van der Waals surface area contributed by atoms with Crippen LogP contribution in [0.1, 0.15) is 10.6 Å². The molecule has 0 saturated heterocycles. The quantitative estimate of drug-likeness (QED) is 0.630. The van der Waals surface area contributed by atoms with E-state index in [1.165, 1.54) is 18.2 Å². The fourth-order valence-electron chi connectivity index (χ4n) is 1.61. The van der Waals surface area contributed by atoms with Crippen molar-refractivity contribution in [3.63, 3.8) is 0 Å². The molecule has 0 aliphatic rings. The van der Waals surface area contributed by atoms with Gasteiger partial charge in [-0.15, -0.1) is 0 Å². The van der Waals surface area contributed by atoms with Gasteiger partial charge in [-0.05, 0) is 24.3 Å². The van der Waals surface area contributed by atoms with Crippen LogP contribution in [0.2, 0.25) is 0 Å². The highest BCUT2D eigenvalue weighted by Crippen LogP contribution is 2.20. The molecule has 96 valence electrons. The van der Waals surface area contributed by atoms with Gasteiger partial charge in [0.15, 0.2) is 5.76 Å². The normalized spacial score (nSPS) is 11.0. The molecule has 0 saturated carbocycles. The van der Waals surface area contributed by atoms with E-state index in [1.54, 1.807) is 13.2 Å². The van der Waals surface area contributed by atoms with E-state index in [1.807, 2.05) is 0 Å². The number of carbonyl (C=O) groups is 1. The molecule has 4 nitrogen and oxygen atoms in total. The zero-order valence-electron chi connectivity index (χ0n) is 10.0. The van der Waals surface area contributed by atoms with Crippen LogP contribution >= 0.6 is 0 Å². The lowest BCUT2D eigenvalue weighted by atomic mass is 10.2. The molecule has 5 heteroatoms. The number of fused-ring (bicyclic) bond motifs is 1. The maximum absolute atomic E-state index is 13.0. The van der Waals surface area contributed by atoms with Crippen LogP contribution in [0.3, 0.4) is 0 Å². The second-order valence-electron chi connectivity index (χ2n) is 3.89. The molecule has 0 amide bonds. The molecule has 2 aromatic rings. The number of carbonyl (C=O) groups excluding carboxylic acids is 1. The maximum atomic E-state index is 13.0.